The van der Waals surface area contributed by atoms with Gasteiger partial charge in [0.2, 0.25) is 0 Å². The molecule has 15 heavy (non-hydrogen) atoms. The van der Waals surface area contributed by atoms with E-state index < -0.39 is 5.82 Å². The van der Waals surface area contributed by atoms with E-state index in [1.54, 1.807) is 12.1 Å². The Labute approximate surface area is 103 Å². The first-order valence-corrected chi connectivity index (χ1v) is 6.31. The number of halogens is 3. The second kappa shape index (κ2) is 6.33. The standard InChI is InChI=1S/C11H13BrClFO/c1-2-8(6-12)7-15-10-5-3-4-9(13)11(10)14/h3-5,8H,2,6-7H2,1H3. The van der Waals surface area contributed by atoms with Gasteiger partial charge in [-0.15, -0.1) is 0 Å². The van der Waals surface area contributed by atoms with Crippen molar-refractivity contribution in [2.24, 2.45) is 5.92 Å². The maximum Gasteiger partial charge on any atom is 0.183 e. The zero-order chi connectivity index (χ0) is 11.3. The Morgan fingerprint density at radius 3 is 2.87 bits per heavy atom. The molecule has 1 aromatic rings. The third kappa shape index (κ3) is 3.65. The number of benzene rings is 1. The molecule has 0 aliphatic carbocycles. The Bertz CT molecular complexity index is 315. The molecule has 0 saturated heterocycles. The van der Waals surface area contributed by atoms with Gasteiger partial charge in [-0.1, -0.05) is 40.5 Å². The number of alkyl halides is 1. The molecule has 0 heterocycles. The summed E-state index contributed by atoms with van der Waals surface area (Å²) >= 11 is 9.02. The third-order valence-electron chi connectivity index (χ3n) is 2.19. The molecule has 0 bridgehead atoms. The van der Waals surface area contributed by atoms with Crippen molar-refractivity contribution in [3.05, 3.63) is 29.0 Å². The smallest absolute Gasteiger partial charge is 0.183 e. The minimum absolute atomic E-state index is 0.0967. The molecular weight excluding hydrogens is 282 g/mol. The van der Waals surface area contributed by atoms with Crippen molar-refractivity contribution in [3.63, 3.8) is 0 Å². The molecule has 0 amide bonds. The van der Waals surface area contributed by atoms with Gasteiger partial charge in [-0.05, 0) is 18.6 Å². The lowest BCUT2D eigenvalue weighted by Gasteiger charge is -2.13. The van der Waals surface area contributed by atoms with Gasteiger partial charge in [-0.2, -0.15) is 0 Å². The lowest BCUT2D eigenvalue weighted by molar-refractivity contribution is 0.249. The summed E-state index contributed by atoms with van der Waals surface area (Å²) in [4.78, 5) is 0. The van der Waals surface area contributed by atoms with Gasteiger partial charge in [0.25, 0.3) is 0 Å². The fourth-order valence-electron chi connectivity index (χ4n) is 1.07. The van der Waals surface area contributed by atoms with Crippen molar-refractivity contribution in [2.45, 2.75) is 13.3 Å². The van der Waals surface area contributed by atoms with Crippen LogP contribution in [0.4, 0.5) is 4.39 Å². The number of ether oxygens (including phenoxy) is 1. The highest BCUT2D eigenvalue weighted by Gasteiger charge is 2.10. The van der Waals surface area contributed by atoms with Crippen molar-refractivity contribution in [3.8, 4) is 5.75 Å². The normalized spacial score (nSPS) is 12.5. The van der Waals surface area contributed by atoms with E-state index in [-0.39, 0.29) is 10.8 Å². The van der Waals surface area contributed by atoms with Crippen LogP contribution in [0.2, 0.25) is 5.02 Å². The molecule has 1 nitrogen and oxygen atoms in total. The van der Waals surface area contributed by atoms with Gasteiger partial charge in [0.1, 0.15) is 0 Å². The summed E-state index contributed by atoms with van der Waals surface area (Å²) in [5.74, 6) is 0.133. The van der Waals surface area contributed by atoms with Gasteiger partial charge in [-0.25, -0.2) is 4.39 Å². The highest BCUT2D eigenvalue weighted by molar-refractivity contribution is 9.09. The van der Waals surface area contributed by atoms with Crippen LogP contribution in [0.1, 0.15) is 13.3 Å². The average Bonchev–Trinajstić information content (AvgIpc) is 2.25. The number of hydrogen-bond acceptors (Lipinski definition) is 1. The Morgan fingerprint density at radius 2 is 2.27 bits per heavy atom. The van der Waals surface area contributed by atoms with Crippen LogP contribution >= 0.6 is 27.5 Å². The predicted octanol–water partition coefficient (Wildman–Crippen LogP) is 4.28. The van der Waals surface area contributed by atoms with Crippen molar-refractivity contribution in [1.82, 2.24) is 0 Å². The summed E-state index contributed by atoms with van der Waals surface area (Å²) in [7, 11) is 0. The molecular formula is C11H13BrClFO. The first-order valence-electron chi connectivity index (χ1n) is 4.81. The molecule has 1 unspecified atom stereocenters. The maximum atomic E-state index is 13.4. The minimum Gasteiger partial charge on any atom is -0.490 e. The summed E-state index contributed by atoms with van der Waals surface area (Å²) < 4.78 is 18.8. The van der Waals surface area contributed by atoms with Crippen LogP contribution in [-0.4, -0.2) is 11.9 Å². The summed E-state index contributed by atoms with van der Waals surface area (Å²) in [6.07, 6.45) is 0.993. The van der Waals surface area contributed by atoms with Gasteiger partial charge >= 0.3 is 0 Å². The third-order valence-corrected chi connectivity index (χ3v) is 3.39. The fraction of sp³-hybridized carbons (Fsp3) is 0.455. The molecule has 84 valence electrons. The van der Waals surface area contributed by atoms with Crippen molar-refractivity contribution in [2.75, 3.05) is 11.9 Å². The fourth-order valence-corrected chi connectivity index (χ4v) is 1.89. The lowest BCUT2D eigenvalue weighted by Crippen LogP contribution is -2.13. The second-order valence-electron chi connectivity index (χ2n) is 3.29. The molecule has 0 fully saturated rings. The van der Waals surface area contributed by atoms with Crippen LogP contribution in [0.25, 0.3) is 0 Å². The molecule has 0 aliphatic heterocycles. The second-order valence-corrected chi connectivity index (χ2v) is 4.35. The van der Waals surface area contributed by atoms with Crippen LogP contribution in [-0.2, 0) is 0 Å². The zero-order valence-electron chi connectivity index (χ0n) is 8.47. The number of hydrogen-bond donors (Lipinski definition) is 0. The van der Waals surface area contributed by atoms with Gasteiger partial charge in [0.15, 0.2) is 11.6 Å². The molecule has 1 aromatic carbocycles. The molecule has 0 saturated carbocycles. The van der Waals surface area contributed by atoms with Crippen molar-refractivity contribution >= 4 is 27.5 Å². The van der Waals surface area contributed by atoms with E-state index in [2.05, 4.69) is 22.9 Å². The van der Waals surface area contributed by atoms with E-state index in [1.165, 1.54) is 6.07 Å². The van der Waals surface area contributed by atoms with Crippen LogP contribution in [0, 0.1) is 11.7 Å². The first-order chi connectivity index (χ1) is 7.19. The predicted molar refractivity (Wildman–Crippen MR) is 64.5 cm³/mol. The molecule has 0 spiro atoms. The Balaban J connectivity index is 2.61. The Morgan fingerprint density at radius 1 is 1.53 bits per heavy atom. The summed E-state index contributed by atoms with van der Waals surface area (Å²) in [6, 6.07) is 4.77. The van der Waals surface area contributed by atoms with Gasteiger partial charge < -0.3 is 4.74 Å². The highest BCUT2D eigenvalue weighted by atomic mass is 79.9. The SMILES string of the molecule is CCC(CBr)COc1cccc(Cl)c1F. The van der Waals surface area contributed by atoms with E-state index >= 15 is 0 Å². The molecule has 0 N–H and O–H groups in total. The van der Waals surface area contributed by atoms with Crippen LogP contribution in [0.3, 0.4) is 0 Å². The Kier molecular flexibility index (Phi) is 5.40. The van der Waals surface area contributed by atoms with Crippen molar-refractivity contribution < 1.29 is 9.13 Å². The van der Waals surface area contributed by atoms with E-state index in [9.17, 15) is 4.39 Å². The maximum absolute atomic E-state index is 13.4. The molecule has 0 radical (unpaired) electrons. The topological polar surface area (TPSA) is 9.23 Å². The molecule has 0 aliphatic rings. The first kappa shape index (κ1) is 12.8. The highest BCUT2D eigenvalue weighted by Crippen LogP contribution is 2.24. The summed E-state index contributed by atoms with van der Waals surface area (Å²) in [6.45, 7) is 2.57. The van der Waals surface area contributed by atoms with E-state index in [1.807, 2.05) is 0 Å². The largest absolute Gasteiger partial charge is 0.490 e. The Hall–Kier alpha value is -0.280. The average molecular weight is 296 g/mol. The van der Waals surface area contributed by atoms with Crippen LogP contribution < -0.4 is 4.74 Å². The minimum atomic E-state index is -0.483. The van der Waals surface area contributed by atoms with Crippen molar-refractivity contribution in [1.29, 1.82) is 0 Å². The molecule has 1 atom stereocenters. The zero-order valence-corrected chi connectivity index (χ0v) is 10.8. The lowest BCUT2D eigenvalue weighted by atomic mass is 10.1. The summed E-state index contributed by atoms with van der Waals surface area (Å²) in [5, 5.41) is 0.950. The van der Waals surface area contributed by atoms with E-state index in [0.717, 1.165) is 11.8 Å². The monoisotopic (exact) mass is 294 g/mol. The molecule has 4 heteroatoms. The van der Waals surface area contributed by atoms with E-state index in [4.69, 9.17) is 16.3 Å². The van der Waals surface area contributed by atoms with Gasteiger partial charge in [0, 0.05) is 11.2 Å². The molecule has 1 rings (SSSR count). The van der Waals surface area contributed by atoms with Crippen LogP contribution in [0.15, 0.2) is 18.2 Å². The van der Waals surface area contributed by atoms with E-state index in [0.29, 0.717) is 12.5 Å². The summed E-state index contributed by atoms with van der Waals surface area (Å²) in [5.41, 5.74) is 0. The quantitative estimate of drug-likeness (QED) is 0.737. The van der Waals surface area contributed by atoms with Gasteiger partial charge in [-0.3, -0.25) is 0 Å². The number of rotatable bonds is 5. The van der Waals surface area contributed by atoms with Crippen LogP contribution in [0.5, 0.6) is 5.75 Å². The van der Waals surface area contributed by atoms with Gasteiger partial charge in [0.05, 0.1) is 11.6 Å². The molecule has 0 aromatic heterocycles.